The molecule has 1 amide bonds. The van der Waals surface area contributed by atoms with Crippen LogP contribution < -0.4 is 5.32 Å². The van der Waals surface area contributed by atoms with Gasteiger partial charge >= 0.3 is 0 Å². The highest BCUT2D eigenvalue weighted by Gasteiger charge is 2.17. The lowest BCUT2D eigenvalue weighted by molar-refractivity contribution is -0.125. The first-order valence-corrected chi connectivity index (χ1v) is 4.00. The molecule has 0 bridgehead atoms. The van der Waals surface area contributed by atoms with Crippen LogP contribution in [0.5, 0.6) is 0 Å². The van der Waals surface area contributed by atoms with Crippen LogP contribution >= 0.6 is 0 Å². The summed E-state index contributed by atoms with van der Waals surface area (Å²) in [6.07, 6.45) is 0.611. The number of hydrogen-bond acceptors (Lipinski definition) is 3. The number of carbonyl (C=O) groups excluding carboxylic acids is 1. The molecule has 4 nitrogen and oxygen atoms in total. The van der Waals surface area contributed by atoms with Gasteiger partial charge in [-0.25, -0.2) is 0 Å². The van der Waals surface area contributed by atoms with Crippen LogP contribution in [0.3, 0.4) is 0 Å². The number of methoxy groups -OCH3 is 1. The maximum absolute atomic E-state index is 10.9. The number of aliphatic hydroxyl groups is 1. The van der Waals surface area contributed by atoms with Crippen molar-refractivity contribution in [3.05, 3.63) is 0 Å². The van der Waals surface area contributed by atoms with Crippen LogP contribution in [0.25, 0.3) is 0 Å². The summed E-state index contributed by atoms with van der Waals surface area (Å²) in [7, 11) is 1.46. The molecule has 0 aliphatic rings. The van der Waals surface area contributed by atoms with Crippen molar-refractivity contribution in [3.63, 3.8) is 0 Å². The van der Waals surface area contributed by atoms with Crippen LogP contribution in [-0.4, -0.2) is 36.9 Å². The third-order valence-electron chi connectivity index (χ3n) is 1.70. The predicted octanol–water partition coefficient (Wildman–Crippen LogP) is -0.0900. The molecule has 0 spiro atoms. The maximum atomic E-state index is 10.9. The van der Waals surface area contributed by atoms with Crippen molar-refractivity contribution in [1.82, 2.24) is 5.32 Å². The number of amides is 1. The van der Waals surface area contributed by atoms with Crippen LogP contribution in [0.2, 0.25) is 0 Å². The zero-order valence-electron chi connectivity index (χ0n) is 7.89. The lowest BCUT2D eigenvalue weighted by Crippen LogP contribution is -2.41. The van der Waals surface area contributed by atoms with Crippen LogP contribution in [0.1, 0.15) is 20.3 Å². The minimum absolute atomic E-state index is 0.0415. The van der Waals surface area contributed by atoms with Crippen molar-refractivity contribution >= 4 is 5.91 Å². The Kier molecular flexibility index (Phi) is 4.85. The van der Waals surface area contributed by atoms with Gasteiger partial charge in [-0.05, 0) is 13.3 Å². The van der Waals surface area contributed by atoms with Crippen molar-refractivity contribution in [1.29, 1.82) is 0 Å². The molecule has 72 valence electrons. The van der Waals surface area contributed by atoms with E-state index in [1.165, 1.54) is 7.11 Å². The molecule has 0 aromatic carbocycles. The minimum Gasteiger partial charge on any atom is -0.388 e. The number of ether oxygens (including phenoxy) is 1. The minimum atomic E-state index is -0.816. The van der Waals surface area contributed by atoms with Gasteiger partial charge in [0.25, 0.3) is 0 Å². The first-order chi connectivity index (χ1) is 5.52. The summed E-state index contributed by atoms with van der Waals surface area (Å²) in [6.45, 7) is 3.86. The van der Waals surface area contributed by atoms with Crippen molar-refractivity contribution < 1.29 is 14.6 Å². The smallest absolute Gasteiger partial charge is 0.246 e. The fraction of sp³-hybridized carbons (Fsp3) is 0.875. The highest BCUT2D eigenvalue weighted by Crippen LogP contribution is 2.05. The summed E-state index contributed by atoms with van der Waals surface area (Å²) in [4.78, 5) is 10.9. The number of nitrogens with one attached hydrogen (secondary N) is 1. The third-order valence-corrected chi connectivity index (χ3v) is 1.70. The SMILES string of the molecule is CCC(C)(O)CNC(=O)COC. The average Bonchev–Trinajstić information content (AvgIpc) is 2.02. The molecule has 0 heterocycles. The van der Waals surface area contributed by atoms with Crippen molar-refractivity contribution in [2.24, 2.45) is 0 Å². The molecule has 1 atom stereocenters. The van der Waals surface area contributed by atoms with Gasteiger partial charge in [-0.15, -0.1) is 0 Å². The second-order valence-corrected chi connectivity index (χ2v) is 3.06. The molecule has 0 aliphatic heterocycles. The molecule has 0 aromatic heterocycles. The molecular weight excluding hydrogens is 158 g/mol. The molecule has 0 saturated carbocycles. The Morgan fingerprint density at radius 3 is 2.67 bits per heavy atom. The van der Waals surface area contributed by atoms with Crippen molar-refractivity contribution in [3.8, 4) is 0 Å². The number of hydrogen-bond donors (Lipinski definition) is 2. The monoisotopic (exact) mass is 175 g/mol. The lowest BCUT2D eigenvalue weighted by atomic mass is 10.0. The van der Waals surface area contributed by atoms with Gasteiger partial charge in [0.05, 0.1) is 5.60 Å². The number of carbonyl (C=O) groups is 1. The summed E-state index contributed by atoms with van der Waals surface area (Å²) in [5, 5.41) is 12.0. The van der Waals surface area contributed by atoms with Crippen molar-refractivity contribution in [2.45, 2.75) is 25.9 Å². The van der Waals surface area contributed by atoms with Gasteiger partial charge in [0, 0.05) is 13.7 Å². The molecule has 4 heteroatoms. The summed E-state index contributed by atoms with van der Waals surface area (Å²) < 4.78 is 4.61. The van der Waals surface area contributed by atoms with Gasteiger partial charge in [-0.3, -0.25) is 4.79 Å². The van der Waals surface area contributed by atoms with Gasteiger partial charge in [0.15, 0.2) is 0 Å². The lowest BCUT2D eigenvalue weighted by Gasteiger charge is -2.21. The Labute approximate surface area is 72.9 Å². The van der Waals surface area contributed by atoms with E-state index < -0.39 is 5.60 Å². The summed E-state index contributed by atoms with van der Waals surface area (Å²) >= 11 is 0. The van der Waals surface area contributed by atoms with E-state index in [4.69, 9.17) is 0 Å². The Hall–Kier alpha value is -0.610. The highest BCUT2D eigenvalue weighted by atomic mass is 16.5. The molecule has 0 aromatic rings. The standard InChI is InChI=1S/C8H17NO3/c1-4-8(2,11)6-9-7(10)5-12-3/h11H,4-6H2,1-3H3,(H,9,10). The van der Waals surface area contributed by atoms with E-state index in [2.05, 4.69) is 10.1 Å². The third kappa shape index (κ3) is 5.09. The molecule has 0 aliphatic carbocycles. The average molecular weight is 175 g/mol. The second-order valence-electron chi connectivity index (χ2n) is 3.06. The fourth-order valence-electron chi connectivity index (χ4n) is 0.596. The van der Waals surface area contributed by atoms with Gasteiger partial charge in [-0.2, -0.15) is 0 Å². The molecular formula is C8H17NO3. The van der Waals surface area contributed by atoms with Gasteiger partial charge in [0.1, 0.15) is 6.61 Å². The fourth-order valence-corrected chi connectivity index (χ4v) is 0.596. The largest absolute Gasteiger partial charge is 0.388 e. The van der Waals surface area contributed by atoms with E-state index in [9.17, 15) is 9.90 Å². The Balaban J connectivity index is 3.60. The maximum Gasteiger partial charge on any atom is 0.246 e. The van der Waals surface area contributed by atoms with Gasteiger partial charge in [-0.1, -0.05) is 6.92 Å². The second kappa shape index (κ2) is 5.11. The zero-order chi connectivity index (χ0) is 9.61. The molecule has 12 heavy (non-hydrogen) atoms. The Morgan fingerprint density at radius 2 is 2.25 bits per heavy atom. The molecule has 0 fully saturated rings. The number of rotatable bonds is 5. The van der Waals surface area contributed by atoms with Crippen LogP contribution in [-0.2, 0) is 9.53 Å². The Bertz CT molecular complexity index is 145. The molecule has 0 rings (SSSR count). The zero-order valence-corrected chi connectivity index (χ0v) is 7.89. The molecule has 0 radical (unpaired) electrons. The summed E-state index contributed by atoms with van der Waals surface area (Å²) in [6, 6.07) is 0. The van der Waals surface area contributed by atoms with E-state index in [0.29, 0.717) is 6.42 Å². The molecule has 0 saturated heterocycles. The van der Waals surface area contributed by atoms with E-state index >= 15 is 0 Å². The summed E-state index contributed by atoms with van der Waals surface area (Å²) in [5.74, 6) is -0.203. The molecule has 2 N–H and O–H groups in total. The Morgan fingerprint density at radius 1 is 1.67 bits per heavy atom. The summed E-state index contributed by atoms with van der Waals surface area (Å²) in [5.41, 5.74) is -0.816. The van der Waals surface area contributed by atoms with Crippen LogP contribution in [0.4, 0.5) is 0 Å². The highest BCUT2D eigenvalue weighted by molar-refractivity contribution is 5.77. The quantitative estimate of drug-likeness (QED) is 0.614. The van der Waals surface area contributed by atoms with E-state index in [1.54, 1.807) is 6.92 Å². The normalized spacial score (nSPS) is 15.3. The van der Waals surface area contributed by atoms with E-state index in [0.717, 1.165) is 0 Å². The predicted molar refractivity (Wildman–Crippen MR) is 45.8 cm³/mol. The van der Waals surface area contributed by atoms with Crippen molar-refractivity contribution in [2.75, 3.05) is 20.3 Å². The molecule has 1 unspecified atom stereocenters. The van der Waals surface area contributed by atoms with E-state index in [-0.39, 0.29) is 19.1 Å². The van der Waals surface area contributed by atoms with Gasteiger partial charge < -0.3 is 15.2 Å². The first-order valence-electron chi connectivity index (χ1n) is 4.00. The van der Waals surface area contributed by atoms with Gasteiger partial charge in [0.2, 0.25) is 5.91 Å². The topological polar surface area (TPSA) is 58.6 Å². The van der Waals surface area contributed by atoms with E-state index in [1.807, 2.05) is 6.92 Å². The first kappa shape index (κ1) is 11.4. The van der Waals surface area contributed by atoms with Crippen LogP contribution in [0, 0.1) is 0 Å². The van der Waals surface area contributed by atoms with Crippen LogP contribution in [0.15, 0.2) is 0 Å².